The van der Waals surface area contributed by atoms with Crippen molar-refractivity contribution in [3.05, 3.63) is 0 Å². The molecule has 0 bridgehead atoms. The average Bonchev–Trinajstić information content (AvgIpc) is 2.35. The molecule has 21 heavy (non-hydrogen) atoms. The Morgan fingerprint density at radius 3 is 2.24 bits per heavy atom. The summed E-state index contributed by atoms with van der Waals surface area (Å²) in [4.78, 5) is 0. The molecule has 1 saturated carbocycles. The first-order valence-corrected chi connectivity index (χ1v) is 8.82. The molecule has 1 rings (SSSR count). The number of terminal acetylenes is 1. The second kappa shape index (κ2) is 7.68. The van der Waals surface area contributed by atoms with Crippen LogP contribution < -0.4 is 5.32 Å². The summed E-state index contributed by atoms with van der Waals surface area (Å²) in [7, 11) is 0. The Morgan fingerprint density at radius 2 is 1.71 bits per heavy atom. The summed E-state index contributed by atoms with van der Waals surface area (Å²) in [5.41, 5.74) is 0.678. The smallest absolute Gasteiger partial charge is 0.00966 e. The number of hydrogen-bond donors (Lipinski definition) is 1. The maximum atomic E-state index is 5.43. The van der Waals surface area contributed by atoms with Gasteiger partial charge in [-0.25, -0.2) is 0 Å². The normalized spacial score (nSPS) is 27.4. The lowest BCUT2D eigenvalue weighted by atomic mass is 9.64. The van der Waals surface area contributed by atoms with Gasteiger partial charge in [-0.05, 0) is 82.6 Å². The van der Waals surface area contributed by atoms with E-state index in [0.717, 1.165) is 24.2 Å². The van der Waals surface area contributed by atoms with Gasteiger partial charge >= 0.3 is 0 Å². The van der Waals surface area contributed by atoms with Crippen LogP contribution in [0.25, 0.3) is 0 Å². The van der Waals surface area contributed by atoms with Gasteiger partial charge in [0.05, 0.1) is 0 Å². The van der Waals surface area contributed by atoms with Crippen LogP contribution in [0.5, 0.6) is 0 Å². The van der Waals surface area contributed by atoms with Crippen LogP contribution in [0.2, 0.25) is 0 Å². The molecular formula is C20H37N. The van der Waals surface area contributed by atoms with Crippen LogP contribution in [0.15, 0.2) is 0 Å². The lowest BCUT2D eigenvalue weighted by molar-refractivity contribution is 0.0884. The number of hydrogen-bond acceptors (Lipinski definition) is 1. The molecule has 1 N–H and O–H groups in total. The van der Waals surface area contributed by atoms with Gasteiger partial charge in [0.1, 0.15) is 0 Å². The molecule has 0 amide bonds. The molecule has 3 unspecified atom stereocenters. The van der Waals surface area contributed by atoms with Crippen molar-refractivity contribution in [3.63, 3.8) is 0 Å². The third-order valence-electron chi connectivity index (χ3n) is 5.16. The van der Waals surface area contributed by atoms with Crippen molar-refractivity contribution in [2.45, 2.75) is 85.6 Å². The Balaban J connectivity index is 2.61. The minimum Gasteiger partial charge on any atom is -0.312 e. The van der Waals surface area contributed by atoms with Crippen molar-refractivity contribution in [3.8, 4) is 12.3 Å². The zero-order chi connectivity index (χ0) is 16.1. The zero-order valence-electron chi connectivity index (χ0n) is 15.3. The Labute approximate surface area is 133 Å². The zero-order valence-corrected chi connectivity index (χ0v) is 15.3. The van der Waals surface area contributed by atoms with E-state index in [0.29, 0.717) is 5.41 Å². The minimum absolute atomic E-state index is 0.226. The van der Waals surface area contributed by atoms with E-state index in [2.05, 4.69) is 52.8 Å². The predicted octanol–water partition coefficient (Wildman–Crippen LogP) is 5.26. The lowest BCUT2D eigenvalue weighted by Gasteiger charge is -2.43. The Bertz CT molecular complexity index is 336. The van der Waals surface area contributed by atoms with E-state index in [1.807, 2.05) is 0 Å². The highest BCUT2D eigenvalue weighted by Gasteiger charge is 2.35. The molecular weight excluding hydrogens is 254 g/mol. The van der Waals surface area contributed by atoms with E-state index in [-0.39, 0.29) is 5.54 Å². The van der Waals surface area contributed by atoms with Crippen LogP contribution >= 0.6 is 0 Å². The van der Waals surface area contributed by atoms with Crippen LogP contribution in [-0.2, 0) is 0 Å². The standard InChI is InChI=1S/C20H37N/c1-8-9-10-11-16-14-18(19(2,3)4)13-12-17(16)15-21-20(5,6)7/h1,16-18,21H,9-15H2,2-7H3. The van der Waals surface area contributed by atoms with Gasteiger partial charge in [-0.2, -0.15) is 0 Å². The van der Waals surface area contributed by atoms with Gasteiger partial charge in [0.15, 0.2) is 0 Å². The molecule has 122 valence electrons. The van der Waals surface area contributed by atoms with Gasteiger partial charge in [0.25, 0.3) is 0 Å². The van der Waals surface area contributed by atoms with Crippen molar-refractivity contribution < 1.29 is 0 Å². The summed E-state index contributed by atoms with van der Waals surface area (Å²) in [6.45, 7) is 15.2. The van der Waals surface area contributed by atoms with Gasteiger partial charge in [-0.3, -0.25) is 0 Å². The number of nitrogens with one attached hydrogen (secondary N) is 1. The molecule has 0 radical (unpaired) electrons. The largest absolute Gasteiger partial charge is 0.312 e. The van der Waals surface area contributed by atoms with Gasteiger partial charge < -0.3 is 5.32 Å². The topological polar surface area (TPSA) is 12.0 Å². The summed E-state index contributed by atoms with van der Waals surface area (Å²) in [5.74, 6) is 5.37. The third kappa shape index (κ3) is 6.88. The molecule has 1 heteroatoms. The van der Waals surface area contributed by atoms with Gasteiger partial charge in [0.2, 0.25) is 0 Å². The molecule has 0 aromatic carbocycles. The molecule has 3 atom stereocenters. The molecule has 0 heterocycles. The van der Waals surface area contributed by atoms with E-state index in [1.54, 1.807) is 0 Å². The van der Waals surface area contributed by atoms with Crippen molar-refractivity contribution >= 4 is 0 Å². The quantitative estimate of drug-likeness (QED) is 0.538. The van der Waals surface area contributed by atoms with Crippen LogP contribution in [0, 0.1) is 35.5 Å². The molecule has 1 nitrogen and oxygen atoms in total. The van der Waals surface area contributed by atoms with Crippen LogP contribution in [-0.4, -0.2) is 12.1 Å². The van der Waals surface area contributed by atoms with Crippen molar-refractivity contribution in [2.75, 3.05) is 6.54 Å². The molecule has 0 aromatic rings. The molecule has 0 saturated heterocycles. The summed E-state index contributed by atoms with van der Waals surface area (Å²) < 4.78 is 0. The Morgan fingerprint density at radius 1 is 1.05 bits per heavy atom. The SMILES string of the molecule is C#CCCCC1CC(C(C)(C)C)CCC1CNC(C)(C)C. The van der Waals surface area contributed by atoms with Crippen LogP contribution in [0.1, 0.15) is 80.1 Å². The molecule has 1 aliphatic rings. The van der Waals surface area contributed by atoms with E-state index in [4.69, 9.17) is 6.42 Å². The van der Waals surface area contributed by atoms with E-state index < -0.39 is 0 Å². The molecule has 1 fully saturated rings. The van der Waals surface area contributed by atoms with Gasteiger partial charge in [-0.15, -0.1) is 12.3 Å². The fourth-order valence-corrected chi connectivity index (χ4v) is 3.64. The highest BCUT2D eigenvalue weighted by molar-refractivity contribution is 4.89. The third-order valence-corrected chi connectivity index (χ3v) is 5.16. The predicted molar refractivity (Wildman–Crippen MR) is 94.2 cm³/mol. The van der Waals surface area contributed by atoms with Crippen molar-refractivity contribution in [1.29, 1.82) is 0 Å². The van der Waals surface area contributed by atoms with Crippen molar-refractivity contribution in [1.82, 2.24) is 5.32 Å². The molecule has 0 aliphatic heterocycles. The number of unbranched alkanes of at least 4 members (excludes halogenated alkanes) is 1. The Hall–Kier alpha value is -0.480. The monoisotopic (exact) mass is 291 g/mol. The first-order chi connectivity index (χ1) is 9.63. The van der Waals surface area contributed by atoms with Crippen molar-refractivity contribution in [2.24, 2.45) is 23.2 Å². The van der Waals surface area contributed by atoms with Gasteiger partial charge in [0, 0.05) is 12.0 Å². The minimum atomic E-state index is 0.226. The summed E-state index contributed by atoms with van der Waals surface area (Å²) in [6.07, 6.45) is 13.0. The second-order valence-electron chi connectivity index (χ2n) is 9.12. The molecule has 1 aliphatic carbocycles. The lowest BCUT2D eigenvalue weighted by Crippen LogP contribution is -2.43. The fraction of sp³-hybridized carbons (Fsp3) is 0.900. The fourth-order valence-electron chi connectivity index (χ4n) is 3.64. The van der Waals surface area contributed by atoms with E-state index >= 15 is 0 Å². The highest BCUT2D eigenvalue weighted by atomic mass is 14.9. The number of rotatable bonds is 5. The first kappa shape index (κ1) is 18.6. The van der Waals surface area contributed by atoms with Gasteiger partial charge in [-0.1, -0.05) is 20.8 Å². The Kier molecular flexibility index (Phi) is 6.79. The summed E-state index contributed by atoms with van der Waals surface area (Å²) in [6, 6.07) is 0. The highest BCUT2D eigenvalue weighted by Crippen LogP contribution is 2.44. The summed E-state index contributed by atoms with van der Waals surface area (Å²) in [5, 5.41) is 3.73. The summed E-state index contributed by atoms with van der Waals surface area (Å²) >= 11 is 0. The second-order valence-corrected chi connectivity index (χ2v) is 9.12. The first-order valence-electron chi connectivity index (χ1n) is 8.82. The maximum Gasteiger partial charge on any atom is 0.00966 e. The maximum absolute atomic E-state index is 5.43. The molecule has 0 spiro atoms. The average molecular weight is 292 g/mol. The van der Waals surface area contributed by atoms with E-state index in [1.165, 1.54) is 38.6 Å². The van der Waals surface area contributed by atoms with Crippen LogP contribution in [0.3, 0.4) is 0 Å². The molecule has 0 aromatic heterocycles. The van der Waals surface area contributed by atoms with Crippen LogP contribution in [0.4, 0.5) is 0 Å². The van der Waals surface area contributed by atoms with E-state index in [9.17, 15) is 0 Å².